The Labute approximate surface area is 115 Å². The van der Waals surface area contributed by atoms with E-state index in [0.29, 0.717) is 16.4 Å². The summed E-state index contributed by atoms with van der Waals surface area (Å²) in [5, 5.41) is 8.93. The Bertz CT molecular complexity index is 667. The van der Waals surface area contributed by atoms with Crippen molar-refractivity contribution < 1.29 is 13.5 Å². The van der Waals surface area contributed by atoms with Crippen molar-refractivity contribution in [2.24, 2.45) is 0 Å². The van der Waals surface area contributed by atoms with Crippen LogP contribution in [0.5, 0.6) is 0 Å². The van der Waals surface area contributed by atoms with Gasteiger partial charge in [-0.15, -0.1) is 11.3 Å². The number of aliphatic hydroxyl groups is 1. The highest BCUT2D eigenvalue weighted by Crippen LogP contribution is 2.21. The lowest BCUT2D eigenvalue weighted by atomic mass is 10.4. The fraction of sp³-hybridized carbons (Fsp3) is 0.273. The Kier molecular flexibility index (Phi) is 4.25. The predicted octanol–water partition coefficient (Wildman–Crippen LogP) is 0.817. The van der Waals surface area contributed by atoms with Crippen molar-refractivity contribution in [2.45, 2.75) is 24.3 Å². The summed E-state index contributed by atoms with van der Waals surface area (Å²) in [6, 6.07) is 4.72. The molecule has 0 spiro atoms. The van der Waals surface area contributed by atoms with Crippen LogP contribution in [0.4, 0.5) is 0 Å². The largest absolute Gasteiger partial charge is 0.391 e. The van der Waals surface area contributed by atoms with Gasteiger partial charge in [-0.25, -0.2) is 23.1 Å². The van der Waals surface area contributed by atoms with E-state index < -0.39 is 10.0 Å². The molecule has 2 aromatic heterocycles. The normalized spacial score (nSPS) is 11.7. The minimum Gasteiger partial charge on any atom is -0.391 e. The van der Waals surface area contributed by atoms with E-state index in [4.69, 9.17) is 5.11 Å². The Morgan fingerprint density at radius 1 is 1.37 bits per heavy atom. The van der Waals surface area contributed by atoms with E-state index in [1.807, 2.05) is 0 Å². The van der Waals surface area contributed by atoms with Crippen molar-refractivity contribution in [3.63, 3.8) is 0 Å². The lowest BCUT2D eigenvalue weighted by Crippen LogP contribution is -2.23. The SMILES string of the molecule is Cc1nccc(CNS(=O)(=O)c2ccc(CO)s2)n1. The number of nitrogens with one attached hydrogen (secondary N) is 1. The molecule has 0 atom stereocenters. The predicted molar refractivity (Wildman–Crippen MR) is 71.0 cm³/mol. The molecule has 0 fully saturated rings. The van der Waals surface area contributed by atoms with E-state index in [2.05, 4.69) is 14.7 Å². The van der Waals surface area contributed by atoms with Crippen LogP contribution in [0.3, 0.4) is 0 Å². The zero-order valence-electron chi connectivity index (χ0n) is 10.2. The van der Waals surface area contributed by atoms with Crippen molar-refractivity contribution in [3.8, 4) is 0 Å². The van der Waals surface area contributed by atoms with Crippen LogP contribution in [0.15, 0.2) is 28.6 Å². The molecule has 102 valence electrons. The number of hydrogen-bond donors (Lipinski definition) is 2. The average Bonchev–Trinajstić information content (AvgIpc) is 2.86. The molecule has 2 N–H and O–H groups in total. The first kappa shape index (κ1) is 14.1. The van der Waals surface area contributed by atoms with Gasteiger partial charge in [-0.3, -0.25) is 0 Å². The van der Waals surface area contributed by atoms with Gasteiger partial charge >= 0.3 is 0 Å². The summed E-state index contributed by atoms with van der Waals surface area (Å²) in [4.78, 5) is 8.67. The van der Waals surface area contributed by atoms with Gasteiger partial charge < -0.3 is 5.11 Å². The van der Waals surface area contributed by atoms with Gasteiger partial charge in [0.05, 0.1) is 18.8 Å². The topological polar surface area (TPSA) is 92.2 Å². The van der Waals surface area contributed by atoms with Crippen molar-refractivity contribution in [2.75, 3.05) is 0 Å². The number of aromatic nitrogens is 2. The molecule has 0 aliphatic rings. The van der Waals surface area contributed by atoms with Gasteiger partial charge in [0, 0.05) is 11.1 Å². The van der Waals surface area contributed by atoms with Gasteiger partial charge in [0.2, 0.25) is 10.0 Å². The summed E-state index contributed by atoms with van der Waals surface area (Å²) in [6.45, 7) is 1.69. The minimum atomic E-state index is -3.56. The van der Waals surface area contributed by atoms with Crippen LogP contribution in [-0.2, 0) is 23.2 Å². The molecule has 0 unspecified atom stereocenters. The van der Waals surface area contributed by atoms with Gasteiger partial charge in [-0.05, 0) is 25.1 Å². The first-order valence-electron chi connectivity index (χ1n) is 5.49. The Morgan fingerprint density at radius 3 is 2.79 bits per heavy atom. The second-order valence-electron chi connectivity index (χ2n) is 3.80. The molecule has 0 aliphatic carbocycles. The van der Waals surface area contributed by atoms with E-state index in [-0.39, 0.29) is 17.4 Å². The maximum Gasteiger partial charge on any atom is 0.250 e. The molecule has 0 amide bonds. The van der Waals surface area contributed by atoms with Crippen molar-refractivity contribution in [3.05, 3.63) is 40.8 Å². The Hall–Kier alpha value is -1.35. The summed E-state index contributed by atoms with van der Waals surface area (Å²) < 4.78 is 26.6. The summed E-state index contributed by atoms with van der Waals surface area (Å²) >= 11 is 1.04. The molecule has 8 heteroatoms. The van der Waals surface area contributed by atoms with E-state index in [0.717, 1.165) is 11.3 Å². The maximum atomic E-state index is 12.0. The molecule has 0 saturated heterocycles. The number of nitrogens with zero attached hydrogens (tertiary/aromatic N) is 2. The van der Waals surface area contributed by atoms with Crippen LogP contribution < -0.4 is 4.72 Å². The molecular formula is C11H13N3O3S2. The molecule has 2 aromatic rings. The first-order valence-corrected chi connectivity index (χ1v) is 7.79. The Balaban J connectivity index is 2.09. The van der Waals surface area contributed by atoms with Crippen molar-refractivity contribution >= 4 is 21.4 Å². The third-order valence-electron chi connectivity index (χ3n) is 2.33. The van der Waals surface area contributed by atoms with Crippen LogP contribution in [0, 0.1) is 6.92 Å². The van der Waals surface area contributed by atoms with Gasteiger partial charge in [-0.1, -0.05) is 0 Å². The van der Waals surface area contributed by atoms with Crippen molar-refractivity contribution in [1.82, 2.24) is 14.7 Å². The van der Waals surface area contributed by atoms with Crippen LogP contribution in [0.25, 0.3) is 0 Å². The standard InChI is InChI=1S/C11H13N3O3S2/c1-8-12-5-4-9(14-8)6-13-19(16,17)11-3-2-10(7-15)18-11/h2-5,13,15H,6-7H2,1H3. The van der Waals surface area contributed by atoms with E-state index in [1.54, 1.807) is 25.3 Å². The number of sulfonamides is 1. The van der Waals surface area contributed by atoms with Crippen molar-refractivity contribution in [1.29, 1.82) is 0 Å². The zero-order chi connectivity index (χ0) is 13.9. The summed E-state index contributed by atoms with van der Waals surface area (Å²) in [5.74, 6) is 0.593. The number of hydrogen-bond acceptors (Lipinski definition) is 6. The molecule has 2 rings (SSSR count). The van der Waals surface area contributed by atoms with Crippen LogP contribution in [0.2, 0.25) is 0 Å². The molecule has 0 bridgehead atoms. The monoisotopic (exact) mass is 299 g/mol. The second kappa shape index (κ2) is 5.74. The molecule has 0 aromatic carbocycles. The van der Waals surface area contributed by atoms with Gasteiger partial charge in [0.1, 0.15) is 10.0 Å². The number of aliphatic hydroxyl groups excluding tert-OH is 1. The molecule has 0 radical (unpaired) electrons. The summed E-state index contributed by atoms with van der Waals surface area (Å²) in [7, 11) is -3.56. The average molecular weight is 299 g/mol. The number of aryl methyl sites for hydroxylation is 1. The minimum absolute atomic E-state index is 0.109. The highest BCUT2D eigenvalue weighted by Gasteiger charge is 2.16. The smallest absolute Gasteiger partial charge is 0.250 e. The van der Waals surface area contributed by atoms with Gasteiger partial charge in [0.15, 0.2) is 0 Å². The highest BCUT2D eigenvalue weighted by atomic mass is 32.2. The molecule has 0 saturated carbocycles. The fourth-order valence-corrected chi connectivity index (χ4v) is 3.69. The lowest BCUT2D eigenvalue weighted by Gasteiger charge is -2.04. The van der Waals surface area contributed by atoms with E-state index in [1.165, 1.54) is 6.07 Å². The Morgan fingerprint density at radius 2 is 2.16 bits per heavy atom. The summed E-state index contributed by atoms with van der Waals surface area (Å²) in [6.07, 6.45) is 1.58. The lowest BCUT2D eigenvalue weighted by molar-refractivity contribution is 0.285. The van der Waals surface area contributed by atoms with Gasteiger partial charge in [0.25, 0.3) is 0 Å². The first-order chi connectivity index (χ1) is 9.01. The number of thiophene rings is 1. The molecule has 6 nitrogen and oxygen atoms in total. The van der Waals surface area contributed by atoms with Crippen LogP contribution in [-0.4, -0.2) is 23.5 Å². The van der Waals surface area contributed by atoms with E-state index >= 15 is 0 Å². The second-order valence-corrected chi connectivity index (χ2v) is 6.96. The third kappa shape index (κ3) is 3.57. The molecule has 2 heterocycles. The summed E-state index contributed by atoms with van der Waals surface area (Å²) in [5.41, 5.74) is 0.606. The quantitative estimate of drug-likeness (QED) is 0.852. The molecule has 19 heavy (non-hydrogen) atoms. The van der Waals surface area contributed by atoms with Gasteiger partial charge in [-0.2, -0.15) is 0 Å². The molecule has 0 aliphatic heterocycles. The zero-order valence-corrected chi connectivity index (χ0v) is 11.8. The highest BCUT2D eigenvalue weighted by molar-refractivity contribution is 7.91. The molecular weight excluding hydrogens is 286 g/mol. The fourth-order valence-electron chi connectivity index (χ4n) is 1.43. The van der Waals surface area contributed by atoms with Crippen LogP contribution >= 0.6 is 11.3 Å². The number of rotatable bonds is 5. The van der Waals surface area contributed by atoms with E-state index in [9.17, 15) is 8.42 Å². The van der Waals surface area contributed by atoms with Crippen LogP contribution in [0.1, 0.15) is 16.4 Å². The third-order valence-corrected chi connectivity index (χ3v) is 5.30. The maximum absolute atomic E-state index is 12.0.